The second-order valence-corrected chi connectivity index (χ2v) is 4.84. The topological polar surface area (TPSA) is 55.7 Å². The summed E-state index contributed by atoms with van der Waals surface area (Å²) >= 11 is 3.28. The Morgan fingerprint density at radius 1 is 1.21 bits per heavy atom. The maximum atomic E-state index is 11.7. The number of benzene rings is 1. The highest BCUT2D eigenvalue weighted by Gasteiger charge is 2.10. The molecule has 0 radical (unpaired) electrons. The van der Waals surface area contributed by atoms with E-state index in [1.54, 1.807) is 31.2 Å². The van der Waals surface area contributed by atoms with Crippen LogP contribution in [-0.4, -0.2) is 17.5 Å². The molecule has 0 aliphatic heterocycles. The minimum absolute atomic E-state index is 0.101. The Hall–Kier alpha value is -2.01. The molecule has 0 bridgehead atoms. The highest BCUT2D eigenvalue weighted by Crippen LogP contribution is 2.12. The lowest BCUT2D eigenvalue weighted by Crippen LogP contribution is -2.08. The van der Waals surface area contributed by atoms with E-state index in [0.29, 0.717) is 16.8 Å². The second kappa shape index (κ2) is 5.75. The summed E-state index contributed by atoms with van der Waals surface area (Å²) in [6, 6.07) is 6.76. The highest BCUT2D eigenvalue weighted by molar-refractivity contribution is 9.10. The molecule has 0 heterocycles. The number of carbonyl (C=O) groups is 2. The lowest BCUT2D eigenvalue weighted by atomic mass is 10.1. The van der Waals surface area contributed by atoms with Crippen molar-refractivity contribution in [2.24, 2.45) is 5.16 Å². The summed E-state index contributed by atoms with van der Waals surface area (Å²) in [5.74, 6) is -0.645. The number of hydrogen-bond acceptors (Lipinski definition) is 4. The third kappa shape index (κ3) is 3.48. The Morgan fingerprint density at radius 3 is 2.53 bits per heavy atom. The van der Waals surface area contributed by atoms with Gasteiger partial charge >= 0.3 is 5.97 Å². The van der Waals surface area contributed by atoms with E-state index in [-0.39, 0.29) is 5.78 Å². The minimum atomic E-state index is -0.543. The molecule has 1 aromatic rings. The quantitative estimate of drug-likeness (QED) is 0.478. The Bertz CT molecular complexity index is 612. The first-order chi connectivity index (χ1) is 9.06. The number of carbonyl (C=O) groups excluding carboxylic acids is 2. The Labute approximate surface area is 118 Å². The maximum absolute atomic E-state index is 11.7. The van der Waals surface area contributed by atoms with Gasteiger partial charge in [0.25, 0.3) is 0 Å². The predicted octanol–water partition coefficient (Wildman–Crippen LogP) is 3.05. The predicted molar refractivity (Wildman–Crippen MR) is 74.9 cm³/mol. The molecule has 19 heavy (non-hydrogen) atoms. The number of rotatable bonds is 2. The van der Waals surface area contributed by atoms with Crippen LogP contribution < -0.4 is 0 Å². The third-order valence-corrected chi connectivity index (χ3v) is 3.00. The van der Waals surface area contributed by atoms with Crippen molar-refractivity contribution in [3.63, 3.8) is 0 Å². The van der Waals surface area contributed by atoms with E-state index in [1.807, 2.05) is 0 Å². The molecule has 1 aliphatic rings. The van der Waals surface area contributed by atoms with E-state index >= 15 is 0 Å². The smallest absolute Gasteiger partial charge is 0.312 e. The third-order valence-electron chi connectivity index (χ3n) is 2.48. The van der Waals surface area contributed by atoms with Crippen LogP contribution in [0.2, 0.25) is 0 Å². The van der Waals surface area contributed by atoms with Gasteiger partial charge in [-0.05, 0) is 55.0 Å². The molecule has 4 nitrogen and oxygen atoms in total. The van der Waals surface area contributed by atoms with Gasteiger partial charge in [0.15, 0.2) is 5.78 Å². The van der Waals surface area contributed by atoms with E-state index in [2.05, 4.69) is 21.1 Å². The molecule has 0 saturated carbocycles. The molecule has 1 aliphatic carbocycles. The number of allylic oxidation sites excluding steroid dienone is 4. The molecule has 96 valence electrons. The van der Waals surface area contributed by atoms with Gasteiger partial charge in [0, 0.05) is 4.47 Å². The monoisotopic (exact) mass is 319 g/mol. The van der Waals surface area contributed by atoms with Crippen LogP contribution in [-0.2, 0) is 9.63 Å². The standard InChI is InChI=1S/C14H10BrNO3/c1-9-8-12(17)6-7-13(9)16-19-14(18)10-2-4-11(15)5-3-10/h2-8H,1H3. The molecule has 0 unspecified atom stereocenters. The number of nitrogens with zero attached hydrogens (tertiary/aromatic N) is 1. The second-order valence-electron chi connectivity index (χ2n) is 3.93. The largest absolute Gasteiger partial charge is 0.365 e. The van der Waals surface area contributed by atoms with Crippen molar-refractivity contribution in [2.75, 3.05) is 0 Å². The summed E-state index contributed by atoms with van der Waals surface area (Å²) in [4.78, 5) is 27.6. The van der Waals surface area contributed by atoms with Crippen molar-refractivity contribution < 1.29 is 14.4 Å². The summed E-state index contributed by atoms with van der Waals surface area (Å²) in [5, 5.41) is 3.75. The van der Waals surface area contributed by atoms with Crippen LogP contribution in [0.25, 0.3) is 0 Å². The zero-order chi connectivity index (χ0) is 13.8. The van der Waals surface area contributed by atoms with Gasteiger partial charge in [0.2, 0.25) is 0 Å². The van der Waals surface area contributed by atoms with Crippen LogP contribution in [0, 0.1) is 0 Å². The number of ketones is 1. The lowest BCUT2D eigenvalue weighted by molar-refractivity contribution is -0.110. The summed E-state index contributed by atoms with van der Waals surface area (Å²) in [6.45, 7) is 1.73. The summed E-state index contributed by atoms with van der Waals surface area (Å²) in [6.07, 6.45) is 4.33. The summed E-state index contributed by atoms with van der Waals surface area (Å²) in [7, 11) is 0. The molecular weight excluding hydrogens is 310 g/mol. The molecule has 0 aromatic heterocycles. The van der Waals surface area contributed by atoms with Crippen molar-refractivity contribution >= 4 is 33.4 Å². The molecule has 0 atom stereocenters. The number of halogens is 1. The Morgan fingerprint density at radius 2 is 1.89 bits per heavy atom. The lowest BCUT2D eigenvalue weighted by Gasteiger charge is -2.05. The minimum Gasteiger partial charge on any atom is -0.312 e. The molecule has 2 rings (SSSR count). The summed E-state index contributed by atoms with van der Waals surface area (Å²) in [5.41, 5.74) is 1.53. The van der Waals surface area contributed by atoms with Crippen molar-refractivity contribution in [1.29, 1.82) is 0 Å². The molecular formula is C14H10BrNO3. The van der Waals surface area contributed by atoms with Crippen molar-refractivity contribution in [3.05, 3.63) is 58.1 Å². The van der Waals surface area contributed by atoms with Crippen LogP contribution in [0.15, 0.2) is 57.7 Å². The van der Waals surface area contributed by atoms with Gasteiger partial charge in [-0.25, -0.2) is 4.79 Å². The maximum Gasteiger partial charge on any atom is 0.365 e. The van der Waals surface area contributed by atoms with Crippen LogP contribution >= 0.6 is 15.9 Å². The van der Waals surface area contributed by atoms with Gasteiger partial charge in [-0.15, -0.1) is 0 Å². The zero-order valence-electron chi connectivity index (χ0n) is 10.1. The Balaban J connectivity index is 2.08. The van der Waals surface area contributed by atoms with E-state index in [4.69, 9.17) is 4.84 Å². The van der Waals surface area contributed by atoms with Gasteiger partial charge in [-0.3, -0.25) is 4.79 Å². The molecule has 0 saturated heterocycles. The first-order valence-corrected chi connectivity index (χ1v) is 6.31. The summed E-state index contributed by atoms with van der Waals surface area (Å²) < 4.78 is 0.878. The van der Waals surface area contributed by atoms with Crippen LogP contribution in [0.1, 0.15) is 17.3 Å². The number of oxime groups is 1. The van der Waals surface area contributed by atoms with Crippen LogP contribution in [0.5, 0.6) is 0 Å². The first-order valence-electron chi connectivity index (χ1n) is 5.52. The van der Waals surface area contributed by atoms with Gasteiger partial charge in [0.1, 0.15) is 5.71 Å². The molecule has 0 fully saturated rings. The SMILES string of the molecule is CC1=CC(=O)C=CC1=NOC(=O)c1ccc(Br)cc1. The molecule has 5 heteroatoms. The van der Waals surface area contributed by atoms with Gasteiger partial charge < -0.3 is 4.84 Å². The first kappa shape index (κ1) is 13.4. The van der Waals surface area contributed by atoms with Gasteiger partial charge in [-0.2, -0.15) is 0 Å². The van der Waals surface area contributed by atoms with E-state index in [9.17, 15) is 9.59 Å². The fourth-order valence-electron chi connectivity index (χ4n) is 1.46. The van der Waals surface area contributed by atoms with Crippen LogP contribution in [0.3, 0.4) is 0 Å². The van der Waals surface area contributed by atoms with E-state index in [0.717, 1.165) is 4.47 Å². The highest BCUT2D eigenvalue weighted by atomic mass is 79.9. The van der Waals surface area contributed by atoms with Gasteiger partial charge in [-0.1, -0.05) is 21.1 Å². The normalized spacial score (nSPS) is 16.4. The van der Waals surface area contributed by atoms with Crippen LogP contribution in [0.4, 0.5) is 0 Å². The van der Waals surface area contributed by atoms with E-state index in [1.165, 1.54) is 18.2 Å². The van der Waals surface area contributed by atoms with Crippen molar-refractivity contribution in [3.8, 4) is 0 Å². The molecule has 0 N–H and O–H groups in total. The zero-order valence-corrected chi connectivity index (χ0v) is 11.7. The number of hydrogen-bond donors (Lipinski definition) is 0. The van der Waals surface area contributed by atoms with Gasteiger partial charge in [0.05, 0.1) is 5.56 Å². The molecule has 1 aromatic carbocycles. The Kier molecular flexibility index (Phi) is 4.06. The van der Waals surface area contributed by atoms with E-state index < -0.39 is 5.97 Å². The average molecular weight is 320 g/mol. The average Bonchev–Trinajstić information content (AvgIpc) is 2.38. The van der Waals surface area contributed by atoms with Crippen molar-refractivity contribution in [1.82, 2.24) is 0 Å². The molecule has 0 spiro atoms. The fraction of sp³-hybridized carbons (Fsp3) is 0.0714. The van der Waals surface area contributed by atoms with Crippen molar-refractivity contribution in [2.45, 2.75) is 6.92 Å². The molecule has 0 amide bonds. The fourth-order valence-corrected chi connectivity index (χ4v) is 1.72.